The Labute approximate surface area is 76.5 Å². The molecule has 1 saturated heterocycles. The maximum absolute atomic E-state index is 2.58. The molecule has 0 aliphatic carbocycles. The van der Waals surface area contributed by atoms with E-state index in [-0.39, 0.29) is 0 Å². The van der Waals surface area contributed by atoms with E-state index in [0.717, 1.165) is 12.1 Å². The fraction of sp³-hybridized carbons (Fsp3) is 1.00. The highest BCUT2D eigenvalue weighted by molar-refractivity contribution is 4.88. The van der Waals surface area contributed by atoms with E-state index in [1.807, 2.05) is 0 Å². The van der Waals surface area contributed by atoms with Gasteiger partial charge in [-0.1, -0.05) is 20.8 Å². The lowest BCUT2D eigenvalue weighted by molar-refractivity contribution is 0.232. The van der Waals surface area contributed by atoms with Crippen molar-refractivity contribution in [1.29, 1.82) is 0 Å². The Kier molecular flexibility index (Phi) is 3.53. The van der Waals surface area contributed by atoms with Gasteiger partial charge < -0.3 is 0 Å². The second-order valence-electron chi connectivity index (χ2n) is 3.67. The zero-order valence-corrected chi connectivity index (χ0v) is 8.88. The lowest BCUT2D eigenvalue weighted by atomic mass is 10.1. The van der Waals surface area contributed by atoms with E-state index in [2.05, 4.69) is 37.5 Å². The van der Waals surface area contributed by atoms with Crippen LogP contribution in [0.25, 0.3) is 0 Å². The van der Waals surface area contributed by atoms with Gasteiger partial charge in [-0.05, 0) is 26.4 Å². The lowest BCUT2D eigenvalue weighted by Gasteiger charge is -2.23. The van der Waals surface area contributed by atoms with E-state index in [1.165, 1.54) is 26.2 Å². The first-order valence-corrected chi connectivity index (χ1v) is 5.22. The van der Waals surface area contributed by atoms with Crippen LogP contribution < -0.4 is 0 Å². The minimum absolute atomic E-state index is 0.750. The van der Waals surface area contributed by atoms with Crippen LogP contribution in [0.15, 0.2) is 0 Å². The summed E-state index contributed by atoms with van der Waals surface area (Å²) in [5, 5.41) is 0. The first kappa shape index (κ1) is 10.0. The zero-order valence-electron chi connectivity index (χ0n) is 8.88. The van der Waals surface area contributed by atoms with Crippen LogP contribution in [-0.2, 0) is 0 Å². The van der Waals surface area contributed by atoms with Gasteiger partial charge >= 0.3 is 0 Å². The molecule has 2 unspecified atom stereocenters. The van der Waals surface area contributed by atoms with Gasteiger partial charge in [-0.25, -0.2) is 0 Å². The van der Waals surface area contributed by atoms with Gasteiger partial charge in [0.1, 0.15) is 0 Å². The quantitative estimate of drug-likeness (QED) is 0.637. The van der Waals surface area contributed by atoms with Gasteiger partial charge in [0.05, 0.1) is 6.67 Å². The molecule has 2 atom stereocenters. The molecule has 2 heteroatoms. The predicted octanol–water partition coefficient (Wildman–Crippen LogP) is 1.77. The summed E-state index contributed by atoms with van der Waals surface area (Å²) in [6.07, 6.45) is 1.28. The predicted molar refractivity (Wildman–Crippen MR) is 53.2 cm³/mol. The topological polar surface area (TPSA) is 6.48 Å². The van der Waals surface area contributed by atoms with Crippen LogP contribution >= 0.6 is 0 Å². The smallest absolute Gasteiger partial charge is 0.0512 e. The van der Waals surface area contributed by atoms with E-state index >= 15 is 0 Å². The van der Waals surface area contributed by atoms with Crippen LogP contribution in [0.4, 0.5) is 0 Å². The molecule has 12 heavy (non-hydrogen) atoms. The summed E-state index contributed by atoms with van der Waals surface area (Å²) in [7, 11) is 0. The summed E-state index contributed by atoms with van der Waals surface area (Å²) in [6, 6.07) is 1.54. The Bertz CT molecular complexity index is 134. The molecule has 0 aromatic rings. The second kappa shape index (κ2) is 4.24. The van der Waals surface area contributed by atoms with Crippen molar-refractivity contribution >= 4 is 0 Å². The molecule has 0 amide bonds. The Hall–Kier alpha value is -0.0800. The third kappa shape index (κ3) is 1.64. The van der Waals surface area contributed by atoms with Crippen molar-refractivity contribution < 1.29 is 0 Å². The van der Waals surface area contributed by atoms with Crippen molar-refractivity contribution in [3.63, 3.8) is 0 Å². The second-order valence-corrected chi connectivity index (χ2v) is 3.67. The average Bonchev–Trinajstić information content (AvgIpc) is 2.41. The summed E-state index contributed by atoms with van der Waals surface area (Å²) in [6.45, 7) is 12.7. The highest BCUT2D eigenvalue weighted by atomic mass is 15.4. The molecule has 1 heterocycles. The van der Waals surface area contributed by atoms with Crippen molar-refractivity contribution in [2.75, 3.05) is 19.8 Å². The minimum Gasteiger partial charge on any atom is -0.287 e. The largest absolute Gasteiger partial charge is 0.287 e. The molecular weight excluding hydrogens is 148 g/mol. The van der Waals surface area contributed by atoms with E-state index in [0.29, 0.717) is 0 Å². The van der Waals surface area contributed by atoms with Crippen LogP contribution in [0.1, 0.15) is 34.1 Å². The molecule has 0 aromatic carbocycles. The minimum atomic E-state index is 0.750. The van der Waals surface area contributed by atoms with Crippen LogP contribution in [0, 0.1) is 0 Å². The van der Waals surface area contributed by atoms with Crippen molar-refractivity contribution in [2.24, 2.45) is 0 Å². The molecular formula is C10H22N2. The number of likely N-dealkylation sites (N-methyl/N-ethyl adjacent to an activating group) is 2. The molecule has 72 valence electrons. The number of hydrogen-bond acceptors (Lipinski definition) is 2. The first-order chi connectivity index (χ1) is 5.74. The van der Waals surface area contributed by atoms with Crippen molar-refractivity contribution in [2.45, 2.75) is 46.2 Å². The van der Waals surface area contributed by atoms with Gasteiger partial charge in [-0.2, -0.15) is 0 Å². The Morgan fingerprint density at radius 3 is 2.00 bits per heavy atom. The van der Waals surface area contributed by atoms with Crippen molar-refractivity contribution in [3.05, 3.63) is 0 Å². The molecule has 1 aliphatic heterocycles. The molecule has 0 N–H and O–H groups in total. The third-order valence-corrected chi connectivity index (χ3v) is 3.20. The van der Waals surface area contributed by atoms with Gasteiger partial charge in [0.15, 0.2) is 0 Å². The van der Waals surface area contributed by atoms with Gasteiger partial charge in [0, 0.05) is 12.1 Å². The number of nitrogens with zero attached hydrogens (tertiary/aromatic N) is 2. The number of hydrogen-bond donors (Lipinski definition) is 0. The third-order valence-electron chi connectivity index (χ3n) is 3.20. The van der Waals surface area contributed by atoms with Crippen LogP contribution in [-0.4, -0.2) is 41.6 Å². The van der Waals surface area contributed by atoms with E-state index in [4.69, 9.17) is 0 Å². The van der Waals surface area contributed by atoms with Crippen LogP contribution in [0.2, 0.25) is 0 Å². The molecule has 0 spiro atoms. The monoisotopic (exact) mass is 170 g/mol. The first-order valence-electron chi connectivity index (χ1n) is 5.22. The van der Waals surface area contributed by atoms with E-state index < -0.39 is 0 Å². The van der Waals surface area contributed by atoms with Crippen molar-refractivity contribution in [3.8, 4) is 0 Å². The lowest BCUT2D eigenvalue weighted by Crippen LogP contribution is -2.34. The fourth-order valence-corrected chi connectivity index (χ4v) is 2.34. The Morgan fingerprint density at radius 2 is 1.67 bits per heavy atom. The van der Waals surface area contributed by atoms with E-state index in [9.17, 15) is 0 Å². The molecule has 2 nitrogen and oxygen atoms in total. The Balaban J connectivity index is 2.58. The summed E-state index contributed by atoms with van der Waals surface area (Å²) < 4.78 is 0. The van der Waals surface area contributed by atoms with Gasteiger partial charge in [-0.3, -0.25) is 9.80 Å². The molecule has 1 rings (SSSR count). The molecule has 0 saturated carbocycles. The summed E-state index contributed by atoms with van der Waals surface area (Å²) in [5.74, 6) is 0. The summed E-state index contributed by atoms with van der Waals surface area (Å²) >= 11 is 0. The van der Waals surface area contributed by atoms with Gasteiger partial charge in [-0.15, -0.1) is 0 Å². The highest BCUT2D eigenvalue weighted by Gasteiger charge is 2.33. The summed E-state index contributed by atoms with van der Waals surface area (Å²) in [5.41, 5.74) is 0. The maximum Gasteiger partial charge on any atom is 0.0512 e. The van der Waals surface area contributed by atoms with Crippen molar-refractivity contribution in [1.82, 2.24) is 9.80 Å². The fourth-order valence-electron chi connectivity index (χ4n) is 2.34. The molecule has 1 fully saturated rings. The molecule has 0 aromatic heterocycles. The van der Waals surface area contributed by atoms with Gasteiger partial charge in [0.25, 0.3) is 0 Å². The standard InChI is InChI=1S/C10H22N2/c1-5-10-9(4)11(6-2)8-12(10)7-3/h9-10H,5-8H2,1-4H3. The summed E-state index contributed by atoms with van der Waals surface area (Å²) in [4.78, 5) is 5.13. The highest BCUT2D eigenvalue weighted by Crippen LogP contribution is 2.21. The Morgan fingerprint density at radius 1 is 1.08 bits per heavy atom. The SMILES string of the molecule is CCC1C(C)N(CC)CN1CC. The number of rotatable bonds is 3. The normalized spacial score (nSPS) is 33.0. The molecule has 0 bridgehead atoms. The van der Waals surface area contributed by atoms with Gasteiger partial charge in [0.2, 0.25) is 0 Å². The zero-order chi connectivity index (χ0) is 9.14. The average molecular weight is 170 g/mol. The van der Waals surface area contributed by atoms with Crippen LogP contribution in [0.3, 0.4) is 0 Å². The van der Waals surface area contributed by atoms with E-state index in [1.54, 1.807) is 0 Å². The van der Waals surface area contributed by atoms with Crippen LogP contribution in [0.5, 0.6) is 0 Å². The molecule has 1 aliphatic rings. The maximum atomic E-state index is 2.58. The molecule has 0 radical (unpaired) electrons.